The monoisotopic (exact) mass is 433 g/mol. The van der Waals surface area contributed by atoms with Crippen molar-refractivity contribution in [1.82, 2.24) is 9.97 Å². The number of hydrogen-bond donors (Lipinski definition) is 2. The van der Waals surface area contributed by atoms with Crippen LogP contribution >= 0.6 is 0 Å². The first-order chi connectivity index (χ1) is 14.7. The van der Waals surface area contributed by atoms with Crippen molar-refractivity contribution in [1.29, 1.82) is 0 Å². The Bertz CT molecular complexity index is 1140. The molecule has 0 unspecified atom stereocenters. The van der Waals surface area contributed by atoms with Gasteiger partial charge in [0.2, 0.25) is 0 Å². The fraction of sp³-hybridized carbons (Fsp3) is 0.190. The molecule has 0 saturated heterocycles. The van der Waals surface area contributed by atoms with Crippen molar-refractivity contribution in [2.45, 2.75) is 19.7 Å². The van der Waals surface area contributed by atoms with Gasteiger partial charge in [-0.25, -0.2) is 0 Å². The summed E-state index contributed by atoms with van der Waals surface area (Å²) in [5, 5.41) is 0. The molecule has 3 rings (SSSR count). The number of carbonyl (C=O) groups excluding carboxylic acids is 1. The number of nitrogens with two attached hydrogens (primary N) is 1. The topological polar surface area (TPSA) is 107 Å². The Morgan fingerprint density at radius 2 is 1.87 bits per heavy atom. The van der Waals surface area contributed by atoms with E-state index in [0.29, 0.717) is 23.7 Å². The summed E-state index contributed by atoms with van der Waals surface area (Å²) in [6, 6.07) is 8.26. The first-order valence-electron chi connectivity index (χ1n) is 9.14. The number of pyridine rings is 2. The molecular formula is C21H18F3N3O4. The third kappa shape index (κ3) is 5.03. The fourth-order valence-electron chi connectivity index (χ4n) is 2.88. The standard InChI is InChI=1S/C21H18F3N3O4/c1-2-30-17-7-8-26-10-13(17)11-31-14-5-3-12(4-6-14)15-9-16(19(25)28)20(29)27-18(15)21(22,23)24/h3-10H,2,11H2,1H3,(H2,25,28)(H,27,29). The second kappa shape index (κ2) is 8.90. The van der Waals surface area contributed by atoms with E-state index in [9.17, 15) is 22.8 Å². The molecule has 0 atom stereocenters. The number of nitrogens with one attached hydrogen (secondary N) is 1. The molecule has 0 saturated carbocycles. The average Bonchev–Trinajstić information content (AvgIpc) is 2.73. The molecule has 10 heteroatoms. The van der Waals surface area contributed by atoms with Crippen LogP contribution in [0.3, 0.4) is 0 Å². The molecule has 0 spiro atoms. The van der Waals surface area contributed by atoms with Crippen LogP contribution in [0.25, 0.3) is 11.1 Å². The van der Waals surface area contributed by atoms with E-state index in [1.54, 1.807) is 23.4 Å². The number of amides is 1. The lowest BCUT2D eigenvalue weighted by molar-refractivity contribution is -0.140. The van der Waals surface area contributed by atoms with E-state index in [1.165, 1.54) is 24.3 Å². The van der Waals surface area contributed by atoms with Gasteiger partial charge in [-0.05, 0) is 36.8 Å². The first-order valence-corrected chi connectivity index (χ1v) is 9.14. The number of aromatic nitrogens is 2. The summed E-state index contributed by atoms with van der Waals surface area (Å²) in [6.07, 6.45) is -1.65. The van der Waals surface area contributed by atoms with Crippen molar-refractivity contribution >= 4 is 5.91 Å². The highest BCUT2D eigenvalue weighted by Crippen LogP contribution is 2.36. The molecule has 31 heavy (non-hydrogen) atoms. The van der Waals surface area contributed by atoms with Crippen LogP contribution in [-0.4, -0.2) is 22.5 Å². The van der Waals surface area contributed by atoms with E-state index in [0.717, 1.165) is 6.07 Å². The summed E-state index contributed by atoms with van der Waals surface area (Å²) in [6.45, 7) is 2.46. The van der Waals surface area contributed by atoms with E-state index in [4.69, 9.17) is 15.2 Å². The second-order valence-electron chi connectivity index (χ2n) is 6.39. The van der Waals surface area contributed by atoms with Gasteiger partial charge >= 0.3 is 6.18 Å². The molecule has 0 aliphatic heterocycles. The van der Waals surface area contributed by atoms with Crippen molar-refractivity contribution in [2.75, 3.05) is 6.61 Å². The van der Waals surface area contributed by atoms with Gasteiger partial charge in [0, 0.05) is 23.5 Å². The Hall–Kier alpha value is -3.82. The highest BCUT2D eigenvalue weighted by atomic mass is 19.4. The molecule has 0 radical (unpaired) electrons. The number of primary amides is 1. The summed E-state index contributed by atoms with van der Waals surface area (Å²) >= 11 is 0. The Morgan fingerprint density at radius 1 is 1.16 bits per heavy atom. The summed E-state index contributed by atoms with van der Waals surface area (Å²) in [4.78, 5) is 28.9. The van der Waals surface area contributed by atoms with Gasteiger partial charge < -0.3 is 20.2 Å². The lowest BCUT2D eigenvalue weighted by Crippen LogP contribution is -2.27. The number of ether oxygens (including phenoxy) is 2. The number of halogens is 3. The van der Waals surface area contributed by atoms with Gasteiger partial charge in [0.15, 0.2) is 0 Å². The zero-order chi connectivity index (χ0) is 22.6. The number of carbonyl (C=O) groups is 1. The Morgan fingerprint density at radius 3 is 2.48 bits per heavy atom. The number of aromatic amines is 1. The molecule has 7 nitrogen and oxygen atoms in total. The third-order valence-corrected chi connectivity index (χ3v) is 4.31. The maximum absolute atomic E-state index is 13.4. The molecule has 0 bridgehead atoms. The van der Waals surface area contributed by atoms with E-state index in [2.05, 4.69) is 4.98 Å². The van der Waals surface area contributed by atoms with Crippen molar-refractivity contribution in [3.8, 4) is 22.6 Å². The molecule has 1 aromatic carbocycles. The van der Waals surface area contributed by atoms with Gasteiger partial charge in [0.1, 0.15) is 29.4 Å². The third-order valence-electron chi connectivity index (χ3n) is 4.31. The summed E-state index contributed by atoms with van der Waals surface area (Å²) < 4.78 is 51.4. The van der Waals surface area contributed by atoms with E-state index in [-0.39, 0.29) is 17.7 Å². The van der Waals surface area contributed by atoms with Gasteiger partial charge in [0.25, 0.3) is 11.5 Å². The molecule has 2 aromatic heterocycles. The SMILES string of the molecule is CCOc1ccncc1COc1ccc(-c2cc(C(N)=O)c(=O)[nH]c2C(F)(F)F)cc1. The number of alkyl halides is 3. The minimum absolute atomic E-state index is 0.120. The minimum Gasteiger partial charge on any atom is -0.493 e. The molecule has 162 valence electrons. The average molecular weight is 433 g/mol. The highest BCUT2D eigenvalue weighted by molar-refractivity contribution is 5.94. The predicted octanol–water partition coefficient (Wildman–Crippen LogP) is 3.53. The van der Waals surface area contributed by atoms with Crippen molar-refractivity contribution in [3.05, 3.63) is 76.0 Å². The minimum atomic E-state index is -4.84. The van der Waals surface area contributed by atoms with Crippen LogP contribution in [0, 0.1) is 0 Å². The first kappa shape index (κ1) is 21.9. The van der Waals surface area contributed by atoms with Gasteiger partial charge in [-0.2, -0.15) is 13.2 Å². The number of rotatable bonds is 7. The van der Waals surface area contributed by atoms with Crippen LogP contribution in [0.5, 0.6) is 11.5 Å². The van der Waals surface area contributed by atoms with Crippen LogP contribution in [0.4, 0.5) is 13.2 Å². The van der Waals surface area contributed by atoms with Gasteiger partial charge in [0.05, 0.1) is 6.61 Å². The zero-order valence-electron chi connectivity index (χ0n) is 16.3. The summed E-state index contributed by atoms with van der Waals surface area (Å²) in [5.41, 5.74) is 2.51. The molecule has 3 N–H and O–H groups in total. The van der Waals surface area contributed by atoms with E-state index < -0.39 is 28.9 Å². The van der Waals surface area contributed by atoms with Crippen LogP contribution in [-0.2, 0) is 12.8 Å². The number of nitrogens with zero attached hydrogens (tertiary/aromatic N) is 1. The van der Waals surface area contributed by atoms with Crippen LogP contribution in [0.15, 0.2) is 53.6 Å². The number of benzene rings is 1. The summed E-state index contributed by atoms with van der Waals surface area (Å²) in [7, 11) is 0. The summed E-state index contributed by atoms with van der Waals surface area (Å²) in [5.74, 6) is -0.114. The predicted molar refractivity (Wildman–Crippen MR) is 106 cm³/mol. The van der Waals surface area contributed by atoms with Gasteiger partial charge in [-0.15, -0.1) is 0 Å². The fourth-order valence-corrected chi connectivity index (χ4v) is 2.88. The molecule has 0 aliphatic carbocycles. The molecule has 3 aromatic rings. The maximum atomic E-state index is 13.4. The lowest BCUT2D eigenvalue weighted by atomic mass is 10.0. The Kier molecular flexibility index (Phi) is 6.28. The smallest absolute Gasteiger partial charge is 0.431 e. The zero-order valence-corrected chi connectivity index (χ0v) is 16.3. The second-order valence-corrected chi connectivity index (χ2v) is 6.39. The van der Waals surface area contributed by atoms with Crippen LogP contribution < -0.4 is 20.8 Å². The Labute approximate surface area is 174 Å². The van der Waals surface area contributed by atoms with Crippen molar-refractivity contribution < 1.29 is 27.4 Å². The van der Waals surface area contributed by atoms with Gasteiger partial charge in [-0.3, -0.25) is 14.6 Å². The molecule has 2 heterocycles. The van der Waals surface area contributed by atoms with Crippen molar-refractivity contribution in [3.63, 3.8) is 0 Å². The van der Waals surface area contributed by atoms with Crippen molar-refractivity contribution in [2.24, 2.45) is 5.73 Å². The molecule has 0 fully saturated rings. The van der Waals surface area contributed by atoms with Crippen LogP contribution in [0.1, 0.15) is 28.5 Å². The maximum Gasteiger partial charge on any atom is 0.431 e. The number of hydrogen-bond acceptors (Lipinski definition) is 5. The lowest BCUT2D eigenvalue weighted by Gasteiger charge is -2.14. The van der Waals surface area contributed by atoms with Crippen LogP contribution in [0.2, 0.25) is 0 Å². The molecule has 0 aliphatic rings. The largest absolute Gasteiger partial charge is 0.493 e. The van der Waals surface area contributed by atoms with Gasteiger partial charge in [-0.1, -0.05) is 12.1 Å². The highest BCUT2D eigenvalue weighted by Gasteiger charge is 2.36. The Balaban J connectivity index is 1.89. The number of H-pyrrole nitrogens is 1. The normalized spacial score (nSPS) is 11.2. The van der Waals surface area contributed by atoms with E-state index >= 15 is 0 Å². The van der Waals surface area contributed by atoms with E-state index in [1.807, 2.05) is 6.92 Å². The molecular weight excluding hydrogens is 415 g/mol. The molecule has 1 amide bonds. The quantitative estimate of drug-likeness (QED) is 0.593.